The van der Waals surface area contributed by atoms with E-state index in [0.29, 0.717) is 25.7 Å². The lowest BCUT2D eigenvalue weighted by Gasteiger charge is -2.22. The van der Waals surface area contributed by atoms with Crippen LogP contribution in [-0.2, 0) is 14.3 Å². The number of rotatable bonds is 10. The summed E-state index contributed by atoms with van der Waals surface area (Å²) in [6, 6.07) is 0. The van der Waals surface area contributed by atoms with Gasteiger partial charge in [-0.1, -0.05) is 0 Å². The van der Waals surface area contributed by atoms with Crippen molar-refractivity contribution >= 4 is 5.91 Å². The number of nitrogens with one attached hydrogen (secondary N) is 2. The molecule has 1 amide bonds. The maximum Gasteiger partial charge on any atom is 0.220 e. The minimum Gasteiger partial charge on any atom is -0.382 e. The number of carbonyl (C=O) groups excluding carboxylic acids is 1. The smallest absolute Gasteiger partial charge is 0.220 e. The minimum absolute atomic E-state index is 0.113. The molecule has 2 N–H and O–H groups in total. The summed E-state index contributed by atoms with van der Waals surface area (Å²) in [7, 11) is 0. The summed E-state index contributed by atoms with van der Waals surface area (Å²) in [6.45, 7) is 6.91. The number of piperidine rings is 1. The molecule has 0 aromatic heterocycles. The van der Waals surface area contributed by atoms with E-state index in [9.17, 15) is 4.79 Å². The Hall–Kier alpha value is -0.650. The van der Waals surface area contributed by atoms with Crippen LogP contribution >= 0.6 is 0 Å². The molecule has 0 aliphatic carbocycles. The maximum atomic E-state index is 11.5. The number of carbonyl (C=O) groups is 1. The highest BCUT2D eigenvalue weighted by Crippen LogP contribution is 2.07. The molecule has 0 spiro atoms. The molecule has 0 aromatic rings. The van der Waals surface area contributed by atoms with Crippen LogP contribution in [0.25, 0.3) is 0 Å². The summed E-state index contributed by atoms with van der Waals surface area (Å²) in [4.78, 5) is 11.5. The van der Waals surface area contributed by atoms with Gasteiger partial charge >= 0.3 is 0 Å². The van der Waals surface area contributed by atoms with Crippen LogP contribution in [0.1, 0.15) is 39.0 Å². The van der Waals surface area contributed by atoms with E-state index in [4.69, 9.17) is 9.47 Å². The van der Waals surface area contributed by atoms with Crippen molar-refractivity contribution in [2.75, 3.05) is 39.5 Å². The normalized spacial score (nSPS) is 16.5. The highest BCUT2D eigenvalue weighted by molar-refractivity contribution is 5.75. The van der Waals surface area contributed by atoms with Crippen molar-refractivity contribution in [2.24, 2.45) is 0 Å². The lowest BCUT2D eigenvalue weighted by Crippen LogP contribution is -2.33. The first-order valence-electron chi connectivity index (χ1n) is 7.49. The first kappa shape index (κ1) is 16.4. The van der Waals surface area contributed by atoms with Crippen LogP contribution in [0.3, 0.4) is 0 Å². The molecular formula is C14H28N2O3. The molecule has 112 valence electrons. The van der Waals surface area contributed by atoms with Gasteiger partial charge in [0, 0.05) is 32.8 Å². The van der Waals surface area contributed by atoms with Crippen LogP contribution in [-0.4, -0.2) is 51.5 Å². The highest BCUT2D eigenvalue weighted by atomic mass is 16.5. The summed E-state index contributed by atoms with van der Waals surface area (Å²) >= 11 is 0. The van der Waals surface area contributed by atoms with Gasteiger partial charge in [0.2, 0.25) is 5.91 Å². The van der Waals surface area contributed by atoms with E-state index in [-0.39, 0.29) is 5.91 Å². The van der Waals surface area contributed by atoms with E-state index in [2.05, 4.69) is 10.6 Å². The van der Waals surface area contributed by atoms with E-state index in [1.165, 1.54) is 0 Å². The van der Waals surface area contributed by atoms with Crippen molar-refractivity contribution in [3.8, 4) is 0 Å². The zero-order valence-electron chi connectivity index (χ0n) is 12.1. The van der Waals surface area contributed by atoms with Crippen LogP contribution < -0.4 is 10.6 Å². The fraction of sp³-hybridized carbons (Fsp3) is 0.929. The standard InChI is InChI=1S/C14H28N2O3/c1-2-18-11-3-5-14(17)16-8-4-12-19-13-6-9-15-10-7-13/h13,15H,2-12H2,1H3,(H,16,17). The molecule has 0 saturated carbocycles. The molecule has 1 aliphatic rings. The summed E-state index contributed by atoms with van der Waals surface area (Å²) in [6.07, 6.45) is 4.85. The molecule has 1 heterocycles. The molecule has 1 aliphatic heterocycles. The second-order valence-corrected chi connectivity index (χ2v) is 4.82. The second-order valence-electron chi connectivity index (χ2n) is 4.82. The summed E-state index contributed by atoms with van der Waals surface area (Å²) in [5.41, 5.74) is 0. The van der Waals surface area contributed by atoms with Gasteiger partial charge in [0.25, 0.3) is 0 Å². The molecule has 5 nitrogen and oxygen atoms in total. The van der Waals surface area contributed by atoms with Crippen molar-refractivity contribution in [2.45, 2.75) is 45.1 Å². The Kier molecular flexibility index (Phi) is 9.67. The third-order valence-electron chi connectivity index (χ3n) is 3.18. The van der Waals surface area contributed by atoms with E-state index in [1.807, 2.05) is 6.92 Å². The summed E-state index contributed by atoms with van der Waals surface area (Å²) < 4.78 is 11.0. The fourth-order valence-electron chi connectivity index (χ4n) is 2.08. The minimum atomic E-state index is 0.113. The predicted octanol–water partition coefficient (Wildman–Crippen LogP) is 1.08. The number of hydrogen-bond donors (Lipinski definition) is 2. The Morgan fingerprint density at radius 2 is 2.05 bits per heavy atom. The topological polar surface area (TPSA) is 59.6 Å². The predicted molar refractivity (Wildman–Crippen MR) is 75.2 cm³/mol. The van der Waals surface area contributed by atoms with Gasteiger partial charge in [-0.25, -0.2) is 0 Å². The Bertz CT molecular complexity index is 231. The van der Waals surface area contributed by atoms with Crippen molar-refractivity contribution < 1.29 is 14.3 Å². The van der Waals surface area contributed by atoms with Gasteiger partial charge in [-0.3, -0.25) is 4.79 Å². The Labute approximate surface area is 116 Å². The third-order valence-corrected chi connectivity index (χ3v) is 3.18. The molecule has 0 radical (unpaired) electrons. The van der Waals surface area contributed by atoms with E-state index >= 15 is 0 Å². The second kappa shape index (κ2) is 11.2. The number of ether oxygens (including phenoxy) is 2. The molecule has 1 saturated heterocycles. The molecule has 0 atom stereocenters. The number of hydrogen-bond acceptors (Lipinski definition) is 4. The Morgan fingerprint density at radius 1 is 1.26 bits per heavy atom. The lowest BCUT2D eigenvalue weighted by atomic mass is 10.1. The van der Waals surface area contributed by atoms with Gasteiger partial charge < -0.3 is 20.1 Å². The molecule has 0 bridgehead atoms. The van der Waals surface area contributed by atoms with Gasteiger partial charge in [0.1, 0.15) is 0 Å². The van der Waals surface area contributed by atoms with E-state index in [1.54, 1.807) is 0 Å². The molecule has 0 unspecified atom stereocenters. The maximum absolute atomic E-state index is 11.5. The molecule has 0 aromatic carbocycles. The Balaban J connectivity index is 1.85. The molecule has 5 heteroatoms. The van der Waals surface area contributed by atoms with E-state index in [0.717, 1.165) is 52.0 Å². The quantitative estimate of drug-likeness (QED) is 0.584. The molecule has 1 rings (SSSR count). The van der Waals surface area contributed by atoms with Crippen molar-refractivity contribution in [3.63, 3.8) is 0 Å². The lowest BCUT2D eigenvalue weighted by molar-refractivity contribution is -0.121. The van der Waals surface area contributed by atoms with Crippen LogP contribution in [0.2, 0.25) is 0 Å². The first-order valence-corrected chi connectivity index (χ1v) is 7.49. The monoisotopic (exact) mass is 272 g/mol. The molecule has 1 fully saturated rings. The third kappa shape index (κ3) is 8.97. The SMILES string of the molecule is CCOCCCC(=O)NCCCOC1CCNCC1. The summed E-state index contributed by atoms with van der Waals surface area (Å²) in [5, 5.41) is 6.22. The van der Waals surface area contributed by atoms with Gasteiger partial charge in [0.05, 0.1) is 6.10 Å². The fourth-order valence-corrected chi connectivity index (χ4v) is 2.08. The van der Waals surface area contributed by atoms with Gasteiger partial charge in [0.15, 0.2) is 0 Å². The number of amides is 1. The van der Waals surface area contributed by atoms with Crippen molar-refractivity contribution in [1.82, 2.24) is 10.6 Å². The largest absolute Gasteiger partial charge is 0.382 e. The average Bonchev–Trinajstić information content (AvgIpc) is 2.44. The van der Waals surface area contributed by atoms with E-state index < -0.39 is 0 Å². The summed E-state index contributed by atoms with van der Waals surface area (Å²) in [5.74, 6) is 0.113. The molecule has 19 heavy (non-hydrogen) atoms. The van der Waals surface area contributed by atoms with Crippen LogP contribution in [0.15, 0.2) is 0 Å². The highest BCUT2D eigenvalue weighted by Gasteiger charge is 2.12. The van der Waals surface area contributed by atoms with Crippen LogP contribution in [0.5, 0.6) is 0 Å². The van der Waals surface area contributed by atoms with Crippen molar-refractivity contribution in [3.05, 3.63) is 0 Å². The Morgan fingerprint density at radius 3 is 2.79 bits per heavy atom. The van der Waals surface area contributed by atoms with Gasteiger partial charge in [-0.2, -0.15) is 0 Å². The van der Waals surface area contributed by atoms with Crippen LogP contribution in [0, 0.1) is 0 Å². The zero-order valence-corrected chi connectivity index (χ0v) is 12.1. The zero-order chi connectivity index (χ0) is 13.8. The van der Waals surface area contributed by atoms with Crippen LogP contribution in [0.4, 0.5) is 0 Å². The first-order chi connectivity index (χ1) is 9.33. The average molecular weight is 272 g/mol. The molecular weight excluding hydrogens is 244 g/mol. The van der Waals surface area contributed by atoms with Crippen molar-refractivity contribution in [1.29, 1.82) is 0 Å². The van der Waals surface area contributed by atoms with Gasteiger partial charge in [-0.05, 0) is 45.7 Å². The van der Waals surface area contributed by atoms with Gasteiger partial charge in [-0.15, -0.1) is 0 Å².